The Morgan fingerprint density at radius 2 is 2.09 bits per heavy atom. The lowest BCUT2D eigenvalue weighted by Crippen LogP contribution is -2.41. The molecule has 0 radical (unpaired) electrons. The molecule has 1 N–H and O–H groups in total. The second-order valence-corrected chi connectivity index (χ2v) is 6.24. The number of hydrogen-bond donors (Lipinski definition) is 1. The Labute approximate surface area is 132 Å². The van der Waals surface area contributed by atoms with E-state index in [0.717, 1.165) is 18.2 Å². The molecule has 0 heterocycles. The number of aliphatic hydroxyl groups is 1. The van der Waals surface area contributed by atoms with E-state index in [1.165, 1.54) is 30.4 Å². The maximum Gasteiger partial charge on any atom is 0.306 e. The molecule has 2 unspecified atom stereocenters. The van der Waals surface area contributed by atoms with Crippen molar-refractivity contribution in [2.24, 2.45) is 5.92 Å². The molecule has 2 rings (SSSR count). The first-order valence-electron chi connectivity index (χ1n) is 6.44. The fourth-order valence-electron chi connectivity index (χ4n) is 2.10. The van der Waals surface area contributed by atoms with Crippen molar-refractivity contribution < 1.29 is 22.6 Å². The van der Waals surface area contributed by atoms with Gasteiger partial charge in [-0.2, -0.15) is 13.7 Å². The van der Waals surface area contributed by atoms with Crippen LogP contribution in [-0.4, -0.2) is 24.2 Å². The molecule has 0 fully saturated rings. The SMILES string of the molecule is N#CCC1C=CC=CC1(O)OS(=O)(=O)c1ccccc1[N+](=O)[O-]. The van der Waals surface area contributed by atoms with Crippen LogP contribution in [0.15, 0.2) is 53.5 Å². The van der Waals surface area contributed by atoms with Crippen molar-refractivity contribution in [2.75, 3.05) is 0 Å². The van der Waals surface area contributed by atoms with Crippen molar-refractivity contribution in [1.29, 1.82) is 5.26 Å². The summed E-state index contributed by atoms with van der Waals surface area (Å²) in [7, 11) is -4.63. The van der Waals surface area contributed by atoms with Crippen molar-refractivity contribution in [3.63, 3.8) is 0 Å². The third-order valence-corrected chi connectivity index (χ3v) is 4.58. The normalized spacial score (nSPS) is 23.4. The Morgan fingerprint density at radius 3 is 2.74 bits per heavy atom. The van der Waals surface area contributed by atoms with Crippen molar-refractivity contribution in [3.05, 3.63) is 58.7 Å². The van der Waals surface area contributed by atoms with Crippen LogP contribution >= 0.6 is 0 Å². The highest BCUT2D eigenvalue weighted by Crippen LogP contribution is 2.34. The van der Waals surface area contributed by atoms with Gasteiger partial charge >= 0.3 is 10.1 Å². The molecule has 1 aliphatic rings. The molecular formula is C14H12N2O6S. The van der Waals surface area contributed by atoms with Gasteiger partial charge in [0, 0.05) is 18.4 Å². The van der Waals surface area contributed by atoms with E-state index < -0.39 is 37.3 Å². The van der Waals surface area contributed by atoms with E-state index in [4.69, 9.17) is 9.44 Å². The Hall–Kier alpha value is -2.54. The summed E-state index contributed by atoms with van der Waals surface area (Å²) in [6, 6.07) is 6.46. The van der Waals surface area contributed by atoms with Crippen molar-refractivity contribution in [3.8, 4) is 6.07 Å². The third kappa shape index (κ3) is 3.45. The largest absolute Gasteiger partial charge is 0.361 e. The highest BCUT2D eigenvalue weighted by atomic mass is 32.2. The lowest BCUT2D eigenvalue weighted by atomic mass is 9.92. The molecule has 120 valence electrons. The Bertz CT molecular complexity index is 824. The Morgan fingerprint density at radius 1 is 1.39 bits per heavy atom. The molecule has 1 aromatic carbocycles. The summed E-state index contributed by atoms with van der Waals surface area (Å²) in [5.74, 6) is -3.21. The fourth-order valence-corrected chi connectivity index (χ4v) is 3.36. The summed E-state index contributed by atoms with van der Waals surface area (Å²) in [5.41, 5.74) is -0.664. The summed E-state index contributed by atoms with van der Waals surface area (Å²) in [6.45, 7) is 0. The number of allylic oxidation sites excluding steroid dienone is 2. The number of nitro benzene ring substituents is 1. The average Bonchev–Trinajstić information content (AvgIpc) is 2.49. The van der Waals surface area contributed by atoms with Gasteiger partial charge in [-0.1, -0.05) is 30.4 Å². The number of hydrogen-bond acceptors (Lipinski definition) is 7. The zero-order chi connectivity index (χ0) is 17.1. The van der Waals surface area contributed by atoms with Crippen LogP contribution < -0.4 is 0 Å². The van der Waals surface area contributed by atoms with Gasteiger partial charge in [0.15, 0.2) is 4.90 Å². The number of nitro groups is 1. The van der Waals surface area contributed by atoms with Crippen molar-refractivity contribution in [1.82, 2.24) is 0 Å². The average molecular weight is 336 g/mol. The standard InChI is InChI=1S/C14H12N2O6S/c15-10-8-11-5-3-4-9-14(11,17)22-23(20,21)13-7-2-1-6-12(13)16(18)19/h1-7,9,11,17H,8H2. The second-order valence-electron chi connectivity index (χ2n) is 4.73. The quantitative estimate of drug-likeness (QED) is 0.374. The minimum absolute atomic E-state index is 0.191. The van der Waals surface area contributed by atoms with Crippen LogP contribution in [0, 0.1) is 27.4 Å². The summed E-state index contributed by atoms with van der Waals surface area (Å²) in [4.78, 5) is 9.44. The van der Waals surface area contributed by atoms with E-state index in [-0.39, 0.29) is 6.42 Å². The molecule has 0 saturated heterocycles. The van der Waals surface area contributed by atoms with Crippen LogP contribution in [-0.2, 0) is 14.3 Å². The topological polar surface area (TPSA) is 131 Å². The first-order chi connectivity index (χ1) is 10.8. The van der Waals surface area contributed by atoms with Gasteiger partial charge in [0.25, 0.3) is 5.69 Å². The molecule has 0 amide bonds. The smallest absolute Gasteiger partial charge is 0.306 e. The molecule has 0 aromatic heterocycles. The molecule has 9 heteroatoms. The zero-order valence-electron chi connectivity index (χ0n) is 11.7. The summed E-state index contributed by atoms with van der Waals surface area (Å²) < 4.78 is 29.5. The van der Waals surface area contributed by atoms with E-state index in [1.807, 2.05) is 6.07 Å². The molecule has 0 bridgehead atoms. The van der Waals surface area contributed by atoms with E-state index in [9.17, 15) is 23.6 Å². The van der Waals surface area contributed by atoms with Crippen LogP contribution in [0.5, 0.6) is 0 Å². The number of rotatable bonds is 5. The molecule has 1 aromatic rings. The van der Waals surface area contributed by atoms with Gasteiger partial charge in [-0.15, -0.1) is 0 Å². The highest BCUT2D eigenvalue weighted by Gasteiger charge is 2.42. The number of para-hydroxylation sites is 1. The molecule has 8 nitrogen and oxygen atoms in total. The molecule has 0 saturated carbocycles. The van der Waals surface area contributed by atoms with E-state index in [0.29, 0.717) is 0 Å². The van der Waals surface area contributed by atoms with Crippen LogP contribution in [0.3, 0.4) is 0 Å². The maximum atomic E-state index is 12.4. The molecule has 0 spiro atoms. The predicted molar refractivity (Wildman–Crippen MR) is 78.3 cm³/mol. The molecule has 2 atom stereocenters. The first-order valence-corrected chi connectivity index (χ1v) is 7.85. The Balaban J connectivity index is 2.42. The summed E-state index contributed by atoms with van der Waals surface area (Å²) in [6.07, 6.45) is 5.23. The third-order valence-electron chi connectivity index (χ3n) is 3.21. The van der Waals surface area contributed by atoms with E-state index in [1.54, 1.807) is 0 Å². The molecule has 1 aliphatic carbocycles. The number of nitriles is 1. The summed E-state index contributed by atoms with van der Waals surface area (Å²) >= 11 is 0. The zero-order valence-corrected chi connectivity index (χ0v) is 12.5. The van der Waals surface area contributed by atoms with E-state index >= 15 is 0 Å². The van der Waals surface area contributed by atoms with Gasteiger partial charge in [0.2, 0.25) is 5.79 Å². The Kier molecular flexibility index (Phi) is 4.60. The monoisotopic (exact) mass is 336 g/mol. The van der Waals surface area contributed by atoms with Crippen LogP contribution in [0.4, 0.5) is 5.69 Å². The highest BCUT2D eigenvalue weighted by molar-refractivity contribution is 7.87. The molecule has 23 heavy (non-hydrogen) atoms. The fraction of sp³-hybridized carbons (Fsp3) is 0.214. The van der Waals surface area contributed by atoms with Gasteiger partial charge in [0.1, 0.15) is 0 Å². The minimum Gasteiger partial charge on any atom is -0.361 e. The van der Waals surface area contributed by atoms with Gasteiger partial charge in [-0.05, 0) is 12.1 Å². The number of nitrogens with zero attached hydrogens (tertiary/aromatic N) is 2. The maximum absolute atomic E-state index is 12.4. The lowest BCUT2D eigenvalue weighted by molar-refractivity contribution is -0.388. The number of benzene rings is 1. The molecular weight excluding hydrogens is 324 g/mol. The summed E-state index contributed by atoms with van der Waals surface area (Å²) in [5, 5.41) is 30.2. The van der Waals surface area contributed by atoms with Gasteiger partial charge < -0.3 is 5.11 Å². The minimum atomic E-state index is -4.63. The van der Waals surface area contributed by atoms with Gasteiger partial charge in [-0.25, -0.2) is 4.18 Å². The van der Waals surface area contributed by atoms with Crippen molar-refractivity contribution in [2.45, 2.75) is 17.1 Å². The molecule has 0 aliphatic heterocycles. The van der Waals surface area contributed by atoms with E-state index in [2.05, 4.69) is 0 Å². The first kappa shape index (κ1) is 16.8. The van der Waals surface area contributed by atoms with Crippen LogP contribution in [0.2, 0.25) is 0 Å². The van der Waals surface area contributed by atoms with Gasteiger partial charge in [0.05, 0.1) is 11.0 Å². The van der Waals surface area contributed by atoms with Crippen molar-refractivity contribution >= 4 is 15.8 Å². The second kappa shape index (κ2) is 6.29. The lowest BCUT2D eigenvalue weighted by Gasteiger charge is -2.31. The van der Waals surface area contributed by atoms with Crippen LogP contribution in [0.25, 0.3) is 0 Å². The van der Waals surface area contributed by atoms with Crippen LogP contribution in [0.1, 0.15) is 6.42 Å². The van der Waals surface area contributed by atoms with Gasteiger partial charge in [-0.3, -0.25) is 10.1 Å². The predicted octanol–water partition coefficient (Wildman–Crippen LogP) is 1.64.